The van der Waals surface area contributed by atoms with E-state index in [0.717, 1.165) is 27.5 Å². The predicted molar refractivity (Wildman–Crippen MR) is 125 cm³/mol. The Bertz CT molecular complexity index is 1290. The Morgan fingerprint density at radius 1 is 0.833 bits per heavy atom. The van der Waals surface area contributed by atoms with Gasteiger partial charge in [0.05, 0.1) is 21.7 Å². The van der Waals surface area contributed by atoms with Gasteiger partial charge in [0, 0.05) is 5.56 Å². The number of halogens is 2. The number of ether oxygens (including phenoxy) is 1. The molecule has 0 heterocycles. The van der Waals surface area contributed by atoms with E-state index in [2.05, 4.69) is 12.1 Å². The molecule has 0 aliphatic rings. The van der Waals surface area contributed by atoms with Crippen molar-refractivity contribution in [2.45, 2.75) is 6.61 Å². The lowest BCUT2D eigenvalue weighted by molar-refractivity contribution is 0.305. The molecule has 0 saturated heterocycles. The average molecular weight is 430 g/mol. The fraction of sp³-hybridized carbons (Fsp3) is 0.0385. The maximum Gasteiger partial charge on any atom is 0.127 e. The van der Waals surface area contributed by atoms with Gasteiger partial charge in [0.1, 0.15) is 12.4 Å². The zero-order valence-electron chi connectivity index (χ0n) is 16.0. The van der Waals surface area contributed by atoms with Crippen molar-refractivity contribution < 1.29 is 4.74 Å². The summed E-state index contributed by atoms with van der Waals surface area (Å²) in [7, 11) is 0. The van der Waals surface area contributed by atoms with Gasteiger partial charge in [0.25, 0.3) is 0 Å². The first-order chi connectivity index (χ1) is 14.6. The van der Waals surface area contributed by atoms with E-state index in [4.69, 9.17) is 27.9 Å². The van der Waals surface area contributed by atoms with Crippen LogP contribution in [0.4, 0.5) is 0 Å². The summed E-state index contributed by atoms with van der Waals surface area (Å²) >= 11 is 12.1. The van der Waals surface area contributed by atoms with Crippen molar-refractivity contribution in [2.75, 3.05) is 0 Å². The van der Waals surface area contributed by atoms with Crippen LogP contribution in [0.3, 0.4) is 0 Å². The maximum absolute atomic E-state index is 9.78. The minimum atomic E-state index is 0.347. The molecule has 0 aliphatic heterocycles. The van der Waals surface area contributed by atoms with E-state index in [-0.39, 0.29) is 0 Å². The van der Waals surface area contributed by atoms with Crippen LogP contribution in [0.15, 0.2) is 84.9 Å². The highest BCUT2D eigenvalue weighted by molar-refractivity contribution is 6.42. The molecule has 0 aromatic heterocycles. The summed E-state index contributed by atoms with van der Waals surface area (Å²) in [5, 5.41) is 13.0. The lowest BCUT2D eigenvalue weighted by Crippen LogP contribution is -1.97. The minimum absolute atomic E-state index is 0.347. The number of fused-ring (bicyclic) bond motifs is 1. The molecule has 0 unspecified atom stereocenters. The Labute approximate surface area is 185 Å². The summed E-state index contributed by atoms with van der Waals surface area (Å²) in [4.78, 5) is 0. The van der Waals surface area contributed by atoms with Gasteiger partial charge < -0.3 is 4.74 Å². The van der Waals surface area contributed by atoms with Crippen LogP contribution in [0.25, 0.3) is 22.4 Å². The summed E-state index contributed by atoms with van der Waals surface area (Å²) in [5.74, 6) is 0.692. The van der Waals surface area contributed by atoms with Crippen molar-refractivity contribution in [3.05, 3.63) is 112 Å². The highest BCUT2D eigenvalue weighted by Crippen LogP contribution is 2.28. The number of para-hydroxylation sites is 1. The largest absolute Gasteiger partial charge is 0.488 e. The molecule has 4 heteroatoms. The van der Waals surface area contributed by atoms with Gasteiger partial charge in [0.2, 0.25) is 0 Å². The number of hydrogen-bond donors (Lipinski definition) is 0. The Morgan fingerprint density at radius 3 is 2.40 bits per heavy atom. The molecule has 0 fully saturated rings. The van der Waals surface area contributed by atoms with Gasteiger partial charge in [-0.15, -0.1) is 0 Å². The van der Waals surface area contributed by atoms with Crippen LogP contribution in [-0.2, 0) is 6.61 Å². The smallest absolute Gasteiger partial charge is 0.127 e. The molecule has 4 aromatic carbocycles. The first kappa shape index (κ1) is 20.0. The Balaban J connectivity index is 1.63. The van der Waals surface area contributed by atoms with E-state index in [1.807, 2.05) is 72.8 Å². The van der Waals surface area contributed by atoms with Crippen LogP contribution in [0, 0.1) is 11.3 Å². The van der Waals surface area contributed by atoms with Crippen molar-refractivity contribution in [3.8, 4) is 11.8 Å². The van der Waals surface area contributed by atoms with E-state index in [1.165, 1.54) is 0 Å². The Hall–Kier alpha value is -3.25. The van der Waals surface area contributed by atoms with Crippen molar-refractivity contribution >= 4 is 45.6 Å². The SMILES string of the molecule is N#C/C(=C/c1ccccc1OCc1ccc(Cl)c(Cl)c1)c1ccc2ccccc2c1. The molecule has 4 aromatic rings. The van der Waals surface area contributed by atoms with Crippen molar-refractivity contribution in [3.63, 3.8) is 0 Å². The number of hydrogen-bond acceptors (Lipinski definition) is 2. The van der Waals surface area contributed by atoms with Crippen LogP contribution in [-0.4, -0.2) is 0 Å². The zero-order valence-corrected chi connectivity index (χ0v) is 17.5. The van der Waals surface area contributed by atoms with Crippen molar-refractivity contribution in [2.24, 2.45) is 0 Å². The fourth-order valence-electron chi connectivity index (χ4n) is 3.21. The van der Waals surface area contributed by atoms with Gasteiger partial charge >= 0.3 is 0 Å². The number of benzene rings is 4. The van der Waals surface area contributed by atoms with Crippen LogP contribution in [0.1, 0.15) is 16.7 Å². The highest BCUT2D eigenvalue weighted by atomic mass is 35.5. The zero-order chi connectivity index (χ0) is 20.9. The van der Waals surface area contributed by atoms with Crippen LogP contribution in [0.5, 0.6) is 5.75 Å². The summed E-state index contributed by atoms with van der Waals surface area (Å²) in [6.07, 6.45) is 1.86. The monoisotopic (exact) mass is 429 g/mol. The van der Waals surface area contributed by atoms with Gasteiger partial charge in [0.15, 0.2) is 0 Å². The van der Waals surface area contributed by atoms with Gasteiger partial charge in [-0.2, -0.15) is 5.26 Å². The normalized spacial score (nSPS) is 11.3. The lowest BCUT2D eigenvalue weighted by Gasteiger charge is -2.11. The van der Waals surface area contributed by atoms with Gasteiger partial charge in [-0.1, -0.05) is 83.9 Å². The molecule has 0 N–H and O–H groups in total. The number of rotatable bonds is 5. The average Bonchev–Trinajstić information content (AvgIpc) is 2.78. The molecule has 0 radical (unpaired) electrons. The molecule has 0 bridgehead atoms. The third-order valence-electron chi connectivity index (χ3n) is 4.78. The predicted octanol–water partition coefficient (Wildman–Crippen LogP) is 7.79. The van der Waals surface area contributed by atoms with Gasteiger partial charge in [-0.3, -0.25) is 0 Å². The summed E-state index contributed by atoms with van der Waals surface area (Å²) in [6, 6.07) is 29.5. The van der Waals surface area contributed by atoms with E-state index >= 15 is 0 Å². The standard InChI is InChI=1S/C26H17Cl2NO/c27-24-12-9-18(13-25(24)28)17-30-26-8-4-3-7-22(26)15-23(16-29)21-11-10-19-5-1-2-6-20(19)14-21/h1-15H,17H2/b23-15-. The quantitative estimate of drug-likeness (QED) is 0.239. The molecule has 30 heavy (non-hydrogen) atoms. The number of nitriles is 1. The second kappa shape index (κ2) is 9.05. The first-order valence-corrected chi connectivity index (χ1v) is 10.2. The highest BCUT2D eigenvalue weighted by Gasteiger charge is 2.07. The molecular formula is C26H17Cl2NO. The number of nitrogens with zero attached hydrogens (tertiary/aromatic N) is 1. The van der Waals surface area contributed by atoms with Crippen LogP contribution < -0.4 is 4.74 Å². The summed E-state index contributed by atoms with van der Waals surface area (Å²) in [6.45, 7) is 0.347. The number of allylic oxidation sites excluding steroid dienone is 1. The van der Waals surface area contributed by atoms with E-state index in [1.54, 1.807) is 12.1 Å². The molecule has 2 nitrogen and oxygen atoms in total. The maximum atomic E-state index is 9.78. The summed E-state index contributed by atoms with van der Waals surface area (Å²) < 4.78 is 6.01. The second-order valence-electron chi connectivity index (χ2n) is 6.81. The van der Waals surface area contributed by atoms with Gasteiger partial charge in [-0.25, -0.2) is 0 Å². The molecule has 0 saturated carbocycles. The molecule has 0 aliphatic carbocycles. The molecule has 0 spiro atoms. The van der Waals surface area contributed by atoms with Crippen molar-refractivity contribution in [1.82, 2.24) is 0 Å². The molecule has 4 rings (SSSR count). The second-order valence-corrected chi connectivity index (χ2v) is 7.62. The minimum Gasteiger partial charge on any atom is -0.488 e. The lowest BCUT2D eigenvalue weighted by atomic mass is 10.00. The van der Waals surface area contributed by atoms with Crippen LogP contribution in [0.2, 0.25) is 10.0 Å². The topological polar surface area (TPSA) is 33.0 Å². The third-order valence-corrected chi connectivity index (χ3v) is 5.52. The molecule has 0 amide bonds. The Kier molecular flexibility index (Phi) is 6.05. The van der Waals surface area contributed by atoms with Gasteiger partial charge in [-0.05, 0) is 52.2 Å². The molecule has 146 valence electrons. The molecule has 0 atom stereocenters. The fourth-order valence-corrected chi connectivity index (χ4v) is 3.53. The van der Waals surface area contributed by atoms with E-state index in [0.29, 0.717) is 28.0 Å². The Morgan fingerprint density at radius 2 is 1.60 bits per heavy atom. The molecular weight excluding hydrogens is 413 g/mol. The van der Waals surface area contributed by atoms with E-state index in [9.17, 15) is 5.26 Å². The summed E-state index contributed by atoms with van der Waals surface area (Å²) in [5.41, 5.74) is 3.20. The van der Waals surface area contributed by atoms with E-state index < -0.39 is 0 Å². The first-order valence-electron chi connectivity index (χ1n) is 9.41. The van der Waals surface area contributed by atoms with Crippen molar-refractivity contribution in [1.29, 1.82) is 5.26 Å². The third kappa shape index (κ3) is 4.49. The van der Waals surface area contributed by atoms with Crippen LogP contribution >= 0.6 is 23.2 Å².